The molecule has 56 valence electrons. The second-order valence-corrected chi connectivity index (χ2v) is 3.49. The molecular weight excluding hydrogens is 121 g/mol. The summed E-state index contributed by atoms with van der Waals surface area (Å²) in [7, 11) is 3.73. The Morgan fingerprint density at radius 2 is 1.80 bits per heavy atom. The summed E-state index contributed by atoms with van der Waals surface area (Å²) in [5.74, 6) is 0. The maximum atomic E-state index is 3.95. The molecule has 0 radical (unpaired) electrons. The Hall–Kier alpha value is -0.525. The van der Waals surface area contributed by atoms with Crippen molar-refractivity contribution in [3.63, 3.8) is 0 Å². The van der Waals surface area contributed by atoms with E-state index in [2.05, 4.69) is 33.8 Å². The van der Waals surface area contributed by atoms with E-state index < -0.39 is 0 Å². The van der Waals surface area contributed by atoms with Gasteiger partial charge in [-0.15, -0.1) is 0 Å². The van der Waals surface area contributed by atoms with Crippen molar-refractivity contribution in [3.8, 4) is 0 Å². The number of allylic oxidation sites excluding steroid dienone is 1. The molecule has 0 aliphatic rings. The van der Waals surface area contributed by atoms with Crippen LogP contribution in [0.2, 0.25) is 0 Å². The quantitative estimate of drug-likeness (QED) is 0.521. The molecule has 0 saturated carbocycles. The standard InChI is InChI=1S/C8H16BN/c1-7(8(2,3)4)10(6)9-5/h1,5H2,2-4,6H3. The van der Waals surface area contributed by atoms with Gasteiger partial charge in [0, 0.05) is 0 Å². The Balaban J connectivity index is 4.22. The Bertz CT molecular complexity index is 144. The number of hydrogen-bond donors (Lipinski definition) is 0. The molecule has 0 atom stereocenters. The predicted octanol–water partition coefficient (Wildman–Crippen LogP) is 1.53. The molecule has 0 heterocycles. The van der Waals surface area contributed by atoms with Gasteiger partial charge in [0.15, 0.2) is 0 Å². The number of rotatable bonds is 2. The van der Waals surface area contributed by atoms with Crippen LogP contribution in [0.25, 0.3) is 0 Å². The van der Waals surface area contributed by atoms with Crippen LogP contribution < -0.4 is 0 Å². The van der Waals surface area contributed by atoms with E-state index in [0.717, 1.165) is 5.70 Å². The molecule has 0 spiro atoms. The van der Waals surface area contributed by atoms with Gasteiger partial charge in [0.25, 0.3) is 0 Å². The molecule has 0 aliphatic carbocycles. The van der Waals surface area contributed by atoms with Crippen molar-refractivity contribution in [1.82, 2.24) is 4.81 Å². The van der Waals surface area contributed by atoms with Gasteiger partial charge in [0.2, 0.25) is 0 Å². The molecule has 0 aliphatic heterocycles. The van der Waals surface area contributed by atoms with Crippen LogP contribution in [0, 0.1) is 5.41 Å². The van der Waals surface area contributed by atoms with Crippen molar-refractivity contribution in [2.75, 3.05) is 7.05 Å². The molecule has 0 bridgehead atoms. The van der Waals surface area contributed by atoms with Crippen LogP contribution in [-0.4, -0.2) is 25.4 Å². The van der Waals surface area contributed by atoms with E-state index in [4.69, 9.17) is 0 Å². The molecule has 2 heteroatoms. The van der Waals surface area contributed by atoms with Crippen LogP contribution in [-0.2, 0) is 0 Å². The van der Waals surface area contributed by atoms with E-state index in [1.807, 2.05) is 11.9 Å². The maximum absolute atomic E-state index is 3.95. The van der Waals surface area contributed by atoms with Gasteiger partial charge in [0.1, 0.15) is 0 Å². The second-order valence-electron chi connectivity index (χ2n) is 3.49. The van der Waals surface area contributed by atoms with Crippen molar-refractivity contribution in [2.24, 2.45) is 5.41 Å². The molecule has 0 amide bonds. The summed E-state index contributed by atoms with van der Waals surface area (Å²) in [6.45, 7) is 14.0. The Labute approximate surface area is 64.7 Å². The zero-order valence-electron chi connectivity index (χ0n) is 7.44. The molecule has 0 N–H and O–H groups in total. The van der Waals surface area contributed by atoms with Crippen LogP contribution in [0.5, 0.6) is 0 Å². The second kappa shape index (κ2) is 3.04. The minimum atomic E-state index is 0.142. The van der Waals surface area contributed by atoms with E-state index in [1.165, 1.54) is 0 Å². The summed E-state index contributed by atoms with van der Waals surface area (Å²) >= 11 is 0. The molecular formula is C8H16BN. The number of hydrogen-bond acceptors (Lipinski definition) is 1. The monoisotopic (exact) mass is 137 g/mol. The molecule has 0 aromatic rings. The van der Waals surface area contributed by atoms with Gasteiger partial charge in [-0.2, -0.15) is 0 Å². The van der Waals surface area contributed by atoms with Crippen molar-refractivity contribution in [3.05, 3.63) is 12.3 Å². The third kappa shape index (κ3) is 2.38. The van der Waals surface area contributed by atoms with E-state index in [-0.39, 0.29) is 5.41 Å². The zero-order chi connectivity index (χ0) is 8.36. The minimum absolute atomic E-state index is 0.142. The van der Waals surface area contributed by atoms with Gasteiger partial charge in [-0.3, -0.25) is 0 Å². The normalized spacial score (nSPS) is 10.4. The van der Waals surface area contributed by atoms with Crippen LogP contribution >= 0.6 is 0 Å². The third-order valence-electron chi connectivity index (χ3n) is 1.57. The molecule has 0 fully saturated rings. The van der Waals surface area contributed by atoms with Gasteiger partial charge in [-0.25, -0.2) is 0 Å². The summed E-state index contributed by atoms with van der Waals surface area (Å²) in [6.07, 6.45) is 0. The Kier molecular flexibility index (Phi) is 2.88. The topological polar surface area (TPSA) is 3.24 Å². The average Bonchev–Trinajstić information content (AvgIpc) is 1.83. The van der Waals surface area contributed by atoms with Crippen molar-refractivity contribution in [2.45, 2.75) is 20.8 Å². The van der Waals surface area contributed by atoms with Crippen LogP contribution in [0.15, 0.2) is 12.3 Å². The van der Waals surface area contributed by atoms with Crippen molar-refractivity contribution < 1.29 is 0 Å². The van der Waals surface area contributed by atoms with Gasteiger partial charge >= 0.3 is 63.8 Å². The van der Waals surface area contributed by atoms with Crippen molar-refractivity contribution >= 4 is 13.5 Å². The summed E-state index contributed by atoms with van der Waals surface area (Å²) in [6, 6.07) is 0. The fourth-order valence-corrected chi connectivity index (χ4v) is 0.639. The van der Waals surface area contributed by atoms with Gasteiger partial charge in [0.05, 0.1) is 0 Å². The molecule has 0 rings (SSSR count). The fourth-order valence-electron chi connectivity index (χ4n) is 0.639. The number of nitrogens with zero attached hydrogens (tertiary/aromatic N) is 1. The first kappa shape index (κ1) is 9.47. The van der Waals surface area contributed by atoms with E-state index >= 15 is 0 Å². The Morgan fingerprint density at radius 3 is 1.90 bits per heavy atom. The SMILES string of the molecule is C=BN(C)C(=C)C(C)(C)C. The molecule has 0 aromatic carbocycles. The first-order valence-electron chi connectivity index (χ1n) is 3.44. The summed E-state index contributed by atoms with van der Waals surface area (Å²) in [5.41, 5.74) is 1.23. The fraction of sp³-hybridized carbons (Fsp3) is 0.625. The van der Waals surface area contributed by atoms with Crippen molar-refractivity contribution in [1.29, 1.82) is 0 Å². The van der Waals surface area contributed by atoms with Crippen LogP contribution in [0.1, 0.15) is 20.8 Å². The molecule has 0 unspecified atom stereocenters. The summed E-state index contributed by atoms with van der Waals surface area (Å²) < 4.78 is 0. The van der Waals surface area contributed by atoms with Crippen LogP contribution in [0.3, 0.4) is 0 Å². The predicted molar refractivity (Wildman–Crippen MR) is 49.2 cm³/mol. The van der Waals surface area contributed by atoms with Crippen LogP contribution in [0.4, 0.5) is 0 Å². The molecule has 0 aromatic heterocycles. The first-order valence-corrected chi connectivity index (χ1v) is 3.44. The van der Waals surface area contributed by atoms with Gasteiger partial charge < -0.3 is 0 Å². The summed E-state index contributed by atoms with van der Waals surface area (Å²) in [5, 5.41) is 0. The van der Waals surface area contributed by atoms with Gasteiger partial charge in [-0.1, -0.05) is 0 Å². The zero-order valence-corrected chi connectivity index (χ0v) is 7.44. The van der Waals surface area contributed by atoms with E-state index in [1.54, 1.807) is 7.06 Å². The first-order chi connectivity index (χ1) is 4.39. The van der Waals surface area contributed by atoms with E-state index in [9.17, 15) is 0 Å². The summed E-state index contributed by atoms with van der Waals surface area (Å²) in [4.78, 5) is 1.94. The average molecular weight is 137 g/mol. The van der Waals surface area contributed by atoms with E-state index in [0.29, 0.717) is 0 Å². The molecule has 1 nitrogen and oxygen atoms in total. The molecule has 0 saturated heterocycles. The molecule has 10 heavy (non-hydrogen) atoms. The Morgan fingerprint density at radius 1 is 1.40 bits per heavy atom. The third-order valence-corrected chi connectivity index (χ3v) is 1.57. The van der Waals surface area contributed by atoms with Gasteiger partial charge in [-0.05, 0) is 0 Å².